The standard InChI is InChI=1S/C14H18FN.C2H7NO/c1-16-13-6-7-14(16)9-11(8-13)10-2-4-12(15)5-3-10;1-3-4-2/h2-5,11,13-14H,6-9H2,1H3;3H,1-2H3/t11?,13-,14+;. The minimum absolute atomic E-state index is 0.125. The molecule has 2 saturated heterocycles. The average molecular weight is 280 g/mol. The van der Waals surface area contributed by atoms with E-state index < -0.39 is 0 Å². The van der Waals surface area contributed by atoms with Crippen molar-refractivity contribution in [1.82, 2.24) is 10.4 Å². The van der Waals surface area contributed by atoms with Gasteiger partial charge < -0.3 is 9.74 Å². The first-order valence-electron chi connectivity index (χ1n) is 7.32. The van der Waals surface area contributed by atoms with E-state index in [0.717, 1.165) is 12.1 Å². The summed E-state index contributed by atoms with van der Waals surface area (Å²) in [5, 5.41) is 0. The van der Waals surface area contributed by atoms with Crippen molar-refractivity contribution in [1.29, 1.82) is 0 Å². The van der Waals surface area contributed by atoms with Crippen LogP contribution in [-0.2, 0) is 4.84 Å². The third-order valence-electron chi connectivity index (χ3n) is 4.64. The summed E-state index contributed by atoms with van der Waals surface area (Å²) in [5.74, 6) is 0.522. The summed E-state index contributed by atoms with van der Waals surface area (Å²) >= 11 is 0. The lowest BCUT2D eigenvalue weighted by atomic mass is 9.85. The van der Waals surface area contributed by atoms with Crippen LogP contribution in [0.3, 0.4) is 0 Å². The number of piperidine rings is 1. The van der Waals surface area contributed by atoms with Crippen molar-refractivity contribution in [2.24, 2.45) is 0 Å². The van der Waals surface area contributed by atoms with Gasteiger partial charge in [-0.2, -0.15) is 0 Å². The Hall–Kier alpha value is -0.970. The number of benzene rings is 1. The Bertz CT molecular complexity index is 393. The largest absolute Gasteiger partial charge is 0.305 e. The summed E-state index contributed by atoms with van der Waals surface area (Å²) in [6.45, 7) is 0. The van der Waals surface area contributed by atoms with E-state index in [9.17, 15) is 4.39 Å². The van der Waals surface area contributed by atoms with Gasteiger partial charge >= 0.3 is 0 Å². The first-order chi connectivity index (χ1) is 9.65. The summed E-state index contributed by atoms with van der Waals surface area (Å²) in [4.78, 5) is 6.83. The second kappa shape index (κ2) is 7.16. The van der Waals surface area contributed by atoms with Crippen LogP contribution in [0.25, 0.3) is 0 Å². The molecule has 2 fully saturated rings. The van der Waals surface area contributed by atoms with Crippen LogP contribution in [0.2, 0.25) is 0 Å². The number of nitrogens with zero attached hydrogens (tertiary/aromatic N) is 1. The van der Waals surface area contributed by atoms with Crippen molar-refractivity contribution < 1.29 is 9.23 Å². The van der Waals surface area contributed by atoms with Crippen LogP contribution in [0.15, 0.2) is 24.3 Å². The van der Waals surface area contributed by atoms with Gasteiger partial charge in [0.25, 0.3) is 0 Å². The summed E-state index contributed by atoms with van der Waals surface area (Å²) in [6, 6.07) is 8.63. The lowest BCUT2D eigenvalue weighted by molar-refractivity contribution is 0.112. The molecular formula is C16H25FN2O. The zero-order valence-electron chi connectivity index (χ0n) is 12.6. The summed E-state index contributed by atoms with van der Waals surface area (Å²) < 4.78 is 12.9. The van der Waals surface area contributed by atoms with Gasteiger partial charge in [-0.25, -0.2) is 9.87 Å². The molecule has 0 aliphatic carbocycles. The highest BCUT2D eigenvalue weighted by atomic mass is 19.1. The van der Waals surface area contributed by atoms with Gasteiger partial charge in [0.15, 0.2) is 0 Å². The van der Waals surface area contributed by atoms with Crippen LogP contribution in [0.5, 0.6) is 0 Å². The van der Waals surface area contributed by atoms with Crippen molar-refractivity contribution in [3.63, 3.8) is 0 Å². The van der Waals surface area contributed by atoms with E-state index in [0.29, 0.717) is 5.92 Å². The summed E-state index contributed by atoms with van der Waals surface area (Å²) in [7, 11) is 5.53. The number of hydroxylamine groups is 1. The van der Waals surface area contributed by atoms with E-state index in [1.54, 1.807) is 26.3 Å². The maximum absolute atomic E-state index is 12.9. The third kappa shape index (κ3) is 3.57. The molecule has 1 aromatic carbocycles. The van der Waals surface area contributed by atoms with E-state index in [1.165, 1.54) is 31.2 Å². The van der Waals surface area contributed by atoms with Crippen molar-refractivity contribution in [3.8, 4) is 0 Å². The maximum Gasteiger partial charge on any atom is 0.123 e. The van der Waals surface area contributed by atoms with Gasteiger partial charge in [0.1, 0.15) is 5.82 Å². The number of halogens is 1. The Kier molecular flexibility index (Phi) is 5.52. The topological polar surface area (TPSA) is 24.5 Å². The first-order valence-corrected chi connectivity index (χ1v) is 7.32. The molecule has 4 heteroatoms. The third-order valence-corrected chi connectivity index (χ3v) is 4.64. The molecule has 3 nitrogen and oxygen atoms in total. The number of hydrogen-bond donors (Lipinski definition) is 1. The smallest absolute Gasteiger partial charge is 0.123 e. The second-order valence-corrected chi connectivity index (χ2v) is 5.68. The molecule has 1 unspecified atom stereocenters. The number of nitrogens with one attached hydrogen (secondary N) is 1. The Morgan fingerprint density at radius 2 is 1.65 bits per heavy atom. The van der Waals surface area contributed by atoms with E-state index >= 15 is 0 Å². The SMILES string of the molecule is CN1[C@@H]2CC[C@H]1CC(c1ccc(F)cc1)C2.CNOC. The van der Waals surface area contributed by atoms with Crippen molar-refractivity contribution in [3.05, 3.63) is 35.6 Å². The average Bonchev–Trinajstić information content (AvgIpc) is 2.69. The van der Waals surface area contributed by atoms with Gasteiger partial charge in [-0.3, -0.25) is 0 Å². The van der Waals surface area contributed by atoms with E-state index in [1.807, 2.05) is 12.1 Å². The lowest BCUT2D eigenvalue weighted by Gasteiger charge is -2.36. The molecule has 3 rings (SSSR count). The number of rotatable bonds is 2. The molecule has 0 spiro atoms. The monoisotopic (exact) mass is 280 g/mol. The zero-order chi connectivity index (χ0) is 14.5. The van der Waals surface area contributed by atoms with Gasteiger partial charge in [-0.05, 0) is 56.3 Å². The van der Waals surface area contributed by atoms with Crippen LogP contribution in [-0.4, -0.2) is 38.2 Å². The lowest BCUT2D eigenvalue weighted by Crippen LogP contribution is -2.39. The van der Waals surface area contributed by atoms with Gasteiger partial charge in [0.05, 0.1) is 7.11 Å². The number of hydrogen-bond acceptors (Lipinski definition) is 3. The fourth-order valence-electron chi connectivity index (χ4n) is 3.42. The minimum Gasteiger partial charge on any atom is -0.305 e. The van der Waals surface area contributed by atoms with Crippen LogP contribution in [0.4, 0.5) is 4.39 Å². The molecule has 0 aromatic heterocycles. The molecule has 0 saturated carbocycles. The van der Waals surface area contributed by atoms with Gasteiger partial charge in [0.2, 0.25) is 0 Å². The van der Waals surface area contributed by atoms with Gasteiger partial charge in [-0.15, -0.1) is 0 Å². The maximum atomic E-state index is 12.9. The van der Waals surface area contributed by atoms with Gasteiger partial charge in [0, 0.05) is 19.1 Å². The molecule has 2 aliphatic rings. The molecule has 1 aromatic rings. The fraction of sp³-hybridized carbons (Fsp3) is 0.625. The zero-order valence-corrected chi connectivity index (χ0v) is 12.6. The Balaban J connectivity index is 0.000000328. The van der Waals surface area contributed by atoms with Crippen LogP contribution in [0.1, 0.15) is 37.2 Å². The summed E-state index contributed by atoms with van der Waals surface area (Å²) in [5.41, 5.74) is 3.76. The van der Waals surface area contributed by atoms with Crippen LogP contribution in [0, 0.1) is 5.82 Å². The molecule has 2 aliphatic heterocycles. The van der Waals surface area contributed by atoms with E-state index in [2.05, 4.69) is 22.3 Å². The molecule has 2 bridgehead atoms. The molecule has 0 amide bonds. The Morgan fingerprint density at radius 1 is 1.15 bits per heavy atom. The van der Waals surface area contributed by atoms with E-state index in [4.69, 9.17) is 0 Å². The highest BCUT2D eigenvalue weighted by molar-refractivity contribution is 5.22. The quantitative estimate of drug-likeness (QED) is 0.843. The number of fused-ring (bicyclic) bond motifs is 2. The molecule has 1 N–H and O–H groups in total. The van der Waals surface area contributed by atoms with Crippen LogP contribution >= 0.6 is 0 Å². The molecular weight excluding hydrogens is 255 g/mol. The van der Waals surface area contributed by atoms with E-state index in [-0.39, 0.29) is 5.82 Å². The molecule has 3 atom stereocenters. The molecule has 112 valence electrons. The molecule has 2 heterocycles. The first kappa shape index (κ1) is 15.4. The summed E-state index contributed by atoms with van der Waals surface area (Å²) in [6.07, 6.45) is 5.19. The predicted molar refractivity (Wildman–Crippen MR) is 79.0 cm³/mol. The van der Waals surface area contributed by atoms with Crippen molar-refractivity contribution in [2.45, 2.75) is 43.7 Å². The molecule has 0 radical (unpaired) electrons. The highest BCUT2D eigenvalue weighted by Crippen LogP contribution is 2.41. The van der Waals surface area contributed by atoms with Crippen molar-refractivity contribution >= 4 is 0 Å². The van der Waals surface area contributed by atoms with Gasteiger partial charge in [-0.1, -0.05) is 12.1 Å². The normalized spacial score (nSPS) is 28.9. The predicted octanol–water partition coefficient (Wildman–Crippen LogP) is 2.93. The minimum atomic E-state index is -0.125. The van der Waals surface area contributed by atoms with Crippen LogP contribution < -0.4 is 5.48 Å². The van der Waals surface area contributed by atoms with Crippen molar-refractivity contribution in [2.75, 3.05) is 21.2 Å². The Morgan fingerprint density at radius 3 is 2.10 bits per heavy atom. The fourth-order valence-corrected chi connectivity index (χ4v) is 3.42. The molecule has 20 heavy (non-hydrogen) atoms. The second-order valence-electron chi connectivity index (χ2n) is 5.68. The highest BCUT2D eigenvalue weighted by Gasteiger charge is 2.38. The Labute approximate surface area is 121 Å².